The van der Waals surface area contributed by atoms with Gasteiger partial charge in [0.1, 0.15) is 18.7 Å². The zero-order valence-corrected chi connectivity index (χ0v) is 24.4. The maximum Gasteiger partial charge on any atom is 0.475 e. The first-order valence-electron chi connectivity index (χ1n) is 13.6. The van der Waals surface area contributed by atoms with Gasteiger partial charge in [0.2, 0.25) is 11.8 Å². The smallest absolute Gasteiger partial charge is 0.445 e. The monoisotopic (exact) mass is 584 g/mol. The fourth-order valence-corrected chi connectivity index (χ4v) is 4.59. The van der Waals surface area contributed by atoms with Crippen molar-refractivity contribution in [1.29, 1.82) is 0 Å². The topological polar surface area (TPSA) is 153 Å². The minimum absolute atomic E-state index is 0.0249. The van der Waals surface area contributed by atoms with Gasteiger partial charge in [-0.3, -0.25) is 9.59 Å². The third kappa shape index (κ3) is 9.52. The standard InChI is InChI=1S/C29H38BClN4O6/c1-17(2)13-24(28(37)35-26(18(3)4)30(39)40)33-27(36)25(14-20-15-32-23-8-6-5-7-22(20)23)34-29(38)41-16-19-9-11-21(31)12-10-19/h5-12,15,17-18,24-26,32,39-40H,13-14,16H2,1-4H3,(H,33,36)(H,34,38)(H,35,37)/t24-,25-,26-/m0/s1. The first-order valence-corrected chi connectivity index (χ1v) is 14.0. The van der Waals surface area contributed by atoms with E-state index in [1.807, 2.05) is 38.1 Å². The van der Waals surface area contributed by atoms with Crippen LogP contribution in [0.5, 0.6) is 0 Å². The number of para-hydroxylation sites is 1. The van der Waals surface area contributed by atoms with Crippen LogP contribution >= 0.6 is 11.6 Å². The number of hydrogen-bond acceptors (Lipinski definition) is 6. The highest BCUT2D eigenvalue weighted by Crippen LogP contribution is 2.20. The molecule has 3 atom stereocenters. The molecule has 3 aromatic rings. The predicted molar refractivity (Wildman–Crippen MR) is 159 cm³/mol. The molecule has 41 heavy (non-hydrogen) atoms. The molecule has 1 aromatic heterocycles. The molecule has 12 heteroatoms. The highest BCUT2D eigenvalue weighted by Gasteiger charge is 2.33. The highest BCUT2D eigenvalue weighted by molar-refractivity contribution is 6.43. The van der Waals surface area contributed by atoms with Gasteiger partial charge in [-0.2, -0.15) is 0 Å². The lowest BCUT2D eigenvalue weighted by atomic mass is 9.73. The predicted octanol–water partition coefficient (Wildman–Crippen LogP) is 3.34. The van der Waals surface area contributed by atoms with E-state index < -0.39 is 43.1 Å². The second kappa shape index (κ2) is 14.9. The maximum atomic E-state index is 13.6. The average Bonchev–Trinajstić information content (AvgIpc) is 3.32. The second-order valence-electron chi connectivity index (χ2n) is 10.8. The van der Waals surface area contributed by atoms with Gasteiger partial charge in [0.15, 0.2) is 0 Å². The molecule has 0 spiro atoms. The molecule has 0 unspecified atom stereocenters. The molecule has 220 valence electrons. The number of H-pyrrole nitrogens is 1. The molecule has 3 amide bonds. The molecule has 10 nitrogen and oxygen atoms in total. The molecular weight excluding hydrogens is 547 g/mol. The second-order valence-corrected chi connectivity index (χ2v) is 11.3. The summed E-state index contributed by atoms with van der Waals surface area (Å²) < 4.78 is 5.36. The summed E-state index contributed by atoms with van der Waals surface area (Å²) in [6, 6.07) is 12.4. The van der Waals surface area contributed by atoms with Crippen LogP contribution in [0.15, 0.2) is 54.7 Å². The Bertz CT molecular complexity index is 1310. The van der Waals surface area contributed by atoms with Crippen LogP contribution in [0, 0.1) is 11.8 Å². The number of aromatic amines is 1. The summed E-state index contributed by atoms with van der Waals surface area (Å²) in [5.74, 6) is -2.27. The Morgan fingerprint density at radius 3 is 2.22 bits per heavy atom. The van der Waals surface area contributed by atoms with E-state index in [2.05, 4.69) is 20.9 Å². The van der Waals surface area contributed by atoms with Crippen molar-refractivity contribution >= 4 is 47.5 Å². The fourth-order valence-electron chi connectivity index (χ4n) is 4.47. The summed E-state index contributed by atoms with van der Waals surface area (Å²) in [6.45, 7) is 7.28. The average molecular weight is 585 g/mol. The number of rotatable bonds is 13. The van der Waals surface area contributed by atoms with Crippen LogP contribution in [0.2, 0.25) is 5.02 Å². The third-order valence-corrected chi connectivity index (χ3v) is 6.93. The van der Waals surface area contributed by atoms with E-state index in [-0.39, 0.29) is 24.9 Å². The Morgan fingerprint density at radius 1 is 0.927 bits per heavy atom. The van der Waals surface area contributed by atoms with E-state index in [9.17, 15) is 24.4 Å². The molecule has 2 aromatic carbocycles. The number of ether oxygens (including phenoxy) is 1. The third-order valence-electron chi connectivity index (χ3n) is 6.68. The number of halogens is 1. The van der Waals surface area contributed by atoms with Gasteiger partial charge in [-0.05, 0) is 47.6 Å². The Hall–Kier alpha value is -3.54. The van der Waals surface area contributed by atoms with Crippen molar-refractivity contribution in [3.63, 3.8) is 0 Å². The fraction of sp³-hybridized carbons (Fsp3) is 0.414. The van der Waals surface area contributed by atoms with E-state index in [0.29, 0.717) is 11.4 Å². The molecule has 0 aliphatic heterocycles. The van der Waals surface area contributed by atoms with Crippen LogP contribution in [0.1, 0.15) is 45.2 Å². The van der Waals surface area contributed by atoms with Gasteiger partial charge in [0, 0.05) is 28.5 Å². The minimum atomic E-state index is -1.76. The summed E-state index contributed by atoms with van der Waals surface area (Å²) in [5, 5.41) is 29.0. The summed E-state index contributed by atoms with van der Waals surface area (Å²) in [7, 11) is -1.76. The number of fused-ring (bicyclic) bond motifs is 1. The van der Waals surface area contributed by atoms with Crippen LogP contribution in [0.4, 0.5) is 4.79 Å². The number of alkyl carbamates (subject to hydrolysis) is 1. The Morgan fingerprint density at radius 2 is 1.59 bits per heavy atom. The van der Waals surface area contributed by atoms with Crippen LogP contribution in [-0.2, 0) is 27.4 Å². The lowest BCUT2D eigenvalue weighted by Crippen LogP contribution is -2.58. The van der Waals surface area contributed by atoms with E-state index in [4.69, 9.17) is 16.3 Å². The number of carbonyl (C=O) groups excluding carboxylic acids is 3. The number of carbonyl (C=O) groups is 3. The van der Waals surface area contributed by atoms with Gasteiger partial charge in [0.05, 0.1) is 5.94 Å². The molecule has 0 fully saturated rings. The first kappa shape index (κ1) is 32.0. The summed E-state index contributed by atoms with van der Waals surface area (Å²) in [4.78, 5) is 42.8. The lowest BCUT2D eigenvalue weighted by Gasteiger charge is -2.27. The van der Waals surface area contributed by atoms with Gasteiger partial charge in [-0.25, -0.2) is 4.79 Å². The van der Waals surface area contributed by atoms with Crippen molar-refractivity contribution in [3.05, 3.63) is 70.9 Å². The largest absolute Gasteiger partial charge is 0.475 e. The van der Waals surface area contributed by atoms with Crippen molar-refractivity contribution in [2.24, 2.45) is 11.8 Å². The van der Waals surface area contributed by atoms with Gasteiger partial charge in [0.25, 0.3) is 0 Å². The molecular formula is C29H38BClN4O6. The van der Waals surface area contributed by atoms with Crippen LogP contribution in [0.3, 0.4) is 0 Å². The number of nitrogens with one attached hydrogen (secondary N) is 4. The quantitative estimate of drug-likeness (QED) is 0.170. The Balaban J connectivity index is 1.79. The van der Waals surface area contributed by atoms with E-state index in [1.54, 1.807) is 44.3 Å². The van der Waals surface area contributed by atoms with Crippen molar-refractivity contribution in [2.45, 2.75) is 65.2 Å². The number of amides is 3. The zero-order chi connectivity index (χ0) is 30.1. The molecule has 0 radical (unpaired) electrons. The van der Waals surface area contributed by atoms with Gasteiger partial charge in [-0.15, -0.1) is 0 Å². The van der Waals surface area contributed by atoms with Crippen molar-refractivity contribution < 1.29 is 29.2 Å². The van der Waals surface area contributed by atoms with Crippen LogP contribution < -0.4 is 16.0 Å². The maximum absolute atomic E-state index is 13.6. The van der Waals surface area contributed by atoms with Gasteiger partial charge >= 0.3 is 13.2 Å². The van der Waals surface area contributed by atoms with Crippen LogP contribution in [0.25, 0.3) is 10.9 Å². The SMILES string of the molecule is CC(C)C[C@H](NC(=O)[C@H](Cc1c[nH]c2ccccc12)NC(=O)OCc1ccc(Cl)cc1)C(=O)N[C@H](B(O)O)C(C)C. The van der Waals surface area contributed by atoms with E-state index in [1.165, 1.54) is 0 Å². The van der Waals surface area contributed by atoms with Crippen molar-refractivity contribution in [2.75, 3.05) is 0 Å². The van der Waals surface area contributed by atoms with Crippen LogP contribution in [-0.4, -0.2) is 58.1 Å². The normalized spacial score (nSPS) is 13.5. The number of hydrogen-bond donors (Lipinski definition) is 6. The summed E-state index contributed by atoms with van der Waals surface area (Å²) in [6.07, 6.45) is 1.41. The summed E-state index contributed by atoms with van der Waals surface area (Å²) >= 11 is 5.92. The number of benzene rings is 2. The Kier molecular flexibility index (Phi) is 11.6. The molecule has 0 saturated heterocycles. The zero-order valence-electron chi connectivity index (χ0n) is 23.7. The summed E-state index contributed by atoms with van der Waals surface area (Å²) in [5.41, 5.74) is 2.40. The molecule has 0 aliphatic rings. The molecule has 1 heterocycles. The minimum Gasteiger partial charge on any atom is -0.445 e. The molecule has 0 saturated carbocycles. The highest BCUT2D eigenvalue weighted by atomic mass is 35.5. The van der Waals surface area contributed by atoms with Crippen molar-refractivity contribution in [1.82, 2.24) is 20.9 Å². The lowest BCUT2D eigenvalue weighted by molar-refractivity contribution is -0.130. The molecule has 0 bridgehead atoms. The molecule has 0 aliphatic carbocycles. The molecule has 6 N–H and O–H groups in total. The van der Waals surface area contributed by atoms with Gasteiger partial charge < -0.3 is 35.7 Å². The molecule has 3 rings (SSSR count). The number of aromatic nitrogens is 1. The van der Waals surface area contributed by atoms with Crippen molar-refractivity contribution in [3.8, 4) is 0 Å². The van der Waals surface area contributed by atoms with Gasteiger partial charge in [-0.1, -0.05) is 69.6 Å². The first-order chi connectivity index (χ1) is 19.4. The van der Waals surface area contributed by atoms with E-state index >= 15 is 0 Å². The Labute approximate surface area is 245 Å². The van der Waals surface area contributed by atoms with E-state index in [0.717, 1.165) is 22.0 Å².